The third-order valence-electron chi connectivity index (χ3n) is 3.76. The van der Waals surface area contributed by atoms with Gasteiger partial charge in [-0.25, -0.2) is 10.2 Å². The number of benzene rings is 2. The maximum absolute atomic E-state index is 12.6. The molecule has 2 aromatic rings. The smallest absolute Gasteiger partial charge is 0.407 e. The Balaban J connectivity index is 2.05. The summed E-state index contributed by atoms with van der Waals surface area (Å²) in [5.74, 6) is 0.232. The molecule has 0 spiro atoms. The van der Waals surface area contributed by atoms with Gasteiger partial charge in [0.15, 0.2) is 0 Å². The fourth-order valence-corrected chi connectivity index (χ4v) is 2.49. The lowest BCUT2D eigenvalue weighted by atomic mass is 10.1. The Morgan fingerprint density at radius 3 is 2.46 bits per heavy atom. The summed E-state index contributed by atoms with van der Waals surface area (Å²) in [6.45, 7) is 4.34. The van der Waals surface area contributed by atoms with Crippen LogP contribution in [0.3, 0.4) is 0 Å². The standard InChI is InChI=1S/C21H25N3O4/c1-3-27-19-13-9-8-12-17(19)15-22-24-20(25)18(23-21(26)28-4-2)14-16-10-6-5-7-11-16/h5-13,15,18H,3-4,14H2,1-2H3,(H,23,26)(H,24,25)/b22-15-/t18-/m1/s1. The molecule has 0 aliphatic heterocycles. The molecule has 7 nitrogen and oxygen atoms in total. The number of ether oxygens (including phenoxy) is 2. The minimum absolute atomic E-state index is 0.220. The molecule has 7 heteroatoms. The number of carbonyl (C=O) groups is 2. The van der Waals surface area contributed by atoms with Crippen LogP contribution in [0.15, 0.2) is 59.7 Å². The minimum atomic E-state index is -0.819. The van der Waals surface area contributed by atoms with Gasteiger partial charge in [-0.15, -0.1) is 0 Å². The van der Waals surface area contributed by atoms with Crippen molar-refractivity contribution in [2.75, 3.05) is 13.2 Å². The Morgan fingerprint density at radius 1 is 1.04 bits per heavy atom. The molecule has 0 aromatic heterocycles. The van der Waals surface area contributed by atoms with Crippen LogP contribution in [0.25, 0.3) is 0 Å². The monoisotopic (exact) mass is 383 g/mol. The summed E-state index contributed by atoms with van der Waals surface area (Å²) in [5, 5.41) is 6.58. The first kappa shape index (κ1) is 21.0. The van der Waals surface area contributed by atoms with Gasteiger partial charge in [-0.3, -0.25) is 4.79 Å². The van der Waals surface area contributed by atoms with Gasteiger partial charge < -0.3 is 14.8 Å². The summed E-state index contributed by atoms with van der Waals surface area (Å²) in [4.78, 5) is 24.4. The second-order valence-electron chi connectivity index (χ2n) is 5.81. The van der Waals surface area contributed by atoms with Crippen LogP contribution in [0.1, 0.15) is 25.0 Å². The molecule has 0 fully saturated rings. The first-order valence-corrected chi connectivity index (χ1v) is 9.16. The van der Waals surface area contributed by atoms with Crippen LogP contribution < -0.4 is 15.5 Å². The van der Waals surface area contributed by atoms with E-state index in [1.807, 2.05) is 61.5 Å². The van der Waals surface area contributed by atoms with Gasteiger partial charge in [-0.2, -0.15) is 5.10 Å². The van der Waals surface area contributed by atoms with Gasteiger partial charge in [-0.1, -0.05) is 42.5 Å². The van der Waals surface area contributed by atoms with Crippen molar-refractivity contribution < 1.29 is 19.1 Å². The molecule has 2 N–H and O–H groups in total. The van der Waals surface area contributed by atoms with Crippen molar-refractivity contribution in [2.45, 2.75) is 26.3 Å². The van der Waals surface area contributed by atoms with Crippen LogP contribution >= 0.6 is 0 Å². The zero-order valence-electron chi connectivity index (χ0n) is 16.1. The van der Waals surface area contributed by atoms with Crippen molar-refractivity contribution in [3.8, 4) is 5.75 Å². The Labute approximate surface area is 164 Å². The molecule has 0 aliphatic carbocycles. The highest BCUT2D eigenvalue weighted by Gasteiger charge is 2.21. The van der Waals surface area contributed by atoms with Gasteiger partial charge in [0.1, 0.15) is 11.8 Å². The lowest BCUT2D eigenvalue weighted by Gasteiger charge is -2.16. The maximum atomic E-state index is 12.6. The second-order valence-corrected chi connectivity index (χ2v) is 5.81. The van der Waals surface area contributed by atoms with E-state index < -0.39 is 18.0 Å². The minimum Gasteiger partial charge on any atom is -0.493 e. The van der Waals surface area contributed by atoms with Crippen LogP contribution in [0.2, 0.25) is 0 Å². The number of amides is 2. The summed E-state index contributed by atoms with van der Waals surface area (Å²) in [5.41, 5.74) is 4.12. The summed E-state index contributed by atoms with van der Waals surface area (Å²) in [6, 6.07) is 16.0. The number of rotatable bonds is 9. The first-order chi connectivity index (χ1) is 13.6. The van der Waals surface area contributed by atoms with Crippen LogP contribution in [-0.4, -0.2) is 37.5 Å². The highest BCUT2D eigenvalue weighted by Crippen LogP contribution is 2.15. The lowest BCUT2D eigenvalue weighted by Crippen LogP contribution is -2.47. The number of nitrogens with zero attached hydrogens (tertiary/aromatic N) is 1. The van der Waals surface area contributed by atoms with Crippen LogP contribution in [0, 0.1) is 0 Å². The Hall–Kier alpha value is -3.35. The van der Waals surface area contributed by atoms with Crippen LogP contribution in [0.4, 0.5) is 4.79 Å². The molecule has 0 saturated carbocycles. The molecular weight excluding hydrogens is 358 g/mol. The summed E-state index contributed by atoms with van der Waals surface area (Å²) in [6.07, 6.45) is 1.17. The van der Waals surface area contributed by atoms with Gasteiger partial charge >= 0.3 is 6.09 Å². The SMILES string of the molecule is CCOC(=O)N[C@H](Cc1ccccc1)C(=O)N/N=C\c1ccccc1OCC. The van der Waals surface area contributed by atoms with Gasteiger partial charge in [-0.05, 0) is 31.5 Å². The summed E-state index contributed by atoms with van der Waals surface area (Å²) >= 11 is 0. The van der Waals surface area contributed by atoms with Crippen molar-refractivity contribution in [1.82, 2.24) is 10.7 Å². The Kier molecular flexibility index (Phi) is 8.52. The summed E-state index contributed by atoms with van der Waals surface area (Å²) < 4.78 is 10.4. The van der Waals surface area contributed by atoms with E-state index in [1.54, 1.807) is 6.92 Å². The quantitative estimate of drug-likeness (QED) is 0.515. The van der Waals surface area contributed by atoms with Crippen molar-refractivity contribution in [3.63, 3.8) is 0 Å². The fraction of sp³-hybridized carbons (Fsp3) is 0.286. The first-order valence-electron chi connectivity index (χ1n) is 9.16. The molecule has 148 valence electrons. The molecule has 2 amide bonds. The van der Waals surface area contributed by atoms with Gasteiger partial charge in [0.2, 0.25) is 0 Å². The number of hydrogen-bond donors (Lipinski definition) is 2. The van der Waals surface area contributed by atoms with E-state index in [9.17, 15) is 9.59 Å². The number of hydrazone groups is 1. The highest BCUT2D eigenvalue weighted by atomic mass is 16.5. The number of alkyl carbamates (subject to hydrolysis) is 1. The number of nitrogens with one attached hydrogen (secondary N) is 2. The zero-order chi connectivity index (χ0) is 20.2. The molecule has 28 heavy (non-hydrogen) atoms. The maximum Gasteiger partial charge on any atom is 0.407 e. The zero-order valence-corrected chi connectivity index (χ0v) is 16.1. The molecule has 0 radical (unpaired) electrons. The Morgan fingerprint density at radius 2 is 1.75 bits per heavy atom. The van der Waals surface area contributed by atoms with Crippen LogP contribution in [0.5, 0.6) is 5.75 Å². The molecule has 2 rings (SSSR count). The average molecular weight is 383 g/mol. The molecule has 0 unspecified atom stereocenters. The van der Waals surface area contributed by atoms with E-state index in [1.165, 1.54) is 6.21 Å². The second kappa shape index (κ2) is 11.4. The molecule has 0 saturated heterocycles. The van der Waals surface area contributed by atoms with E-state index in [0.717, 1.165) is 11.1 Å². The predicted octanol–water partition coefficient (Wildman–Crippen LogP) is 2.89. The van der Waals surface area contributed by atoms with Crippen LogP contribution in [-0.2, 0) is 16.0 Å². The molecule has 0 bridgehead atoms. The predicted molar refractivity (Wildman–Crippen MR) is 107 cm³/mol. The topological polar surface area (TPSA) is 89.0 Å². The van der Waals surface area contributed by atoms with E-state index in [4.69, 9.17) is 9.47 Å². The number of carbonyl (C=O) groups excluding carboxylic acids is 2. The lowest BCUT2D eigenvalue weighted by molar-refractivity contribution is -0.123. The van der Waals surface area contributed by atoms with Gasteiger partial charge in [0.05, 0.1) is 19.4 Å². The van der Waals surface area contributed by atoms with E-state index >= 15 is 0 Å². The molecule has 2 aromatic carbocycles. The van der Waals surface area contributed by atoms with Crippen molar-refractivity contribution in [1.29, 1.82) is 0 Å². The molecule has 0 heterocycles. The van der Waals surface area contributed by atoms with Crippen molar-refractivity contribution in [3.05, 3.63) is 65.7 Å². The normalized spacial score (nSPS) is 11.6. The van der Waals surface area contributed by atoms with E-state index in [2.05, 4.69) is 15.8 Å². The van der Waals surface area contributed by atoms with Crippen molar-refractivity contribution >= 4 is 18.2 Å². The van der Waals surface area contributed by atoms with Gasteiger partial charge in [0.25, 0.3) is 5.91 Å². The third-order valence-corrected chi connectivity index (χ3v) is 3.76. The van der Waals surface area contributed by atoms with E-state index in [0.29, 0.717) is 18.8 Å². The Bertz CT molecular complexity index is 793. The number of hydrogen-bond acceptors (Lipinski definition) is 5. The summed E-state index contributed by atoms with van der Waals surface area (Å²) in [7, 11) is 0. The van der Waals surface area contributed by atoms with E-state index in [-0.39, 0.29) is 6.61 Å². The molecule has 1 atom stereocenters. The molecular formula is C21H25N3O4. The average Bonchev–Trinajstić information content (AvgIpc) is 2.70. The molecule has 0 aliphatic rings. The van der Waals surface area contributed by atoms with Gasteiger partial charge in [0, 0.05) is 12.0 Å². The highest BCUT2D eigenvalue weighted by molar-refractivity contribution is 5.88. The van der Waals surface area contributed by atoms with Crippen molar-refractivity contribution in [2.24, 2.45) is 5.10 Å². The largest absolute Gasteiger partial charge is 0.493 e. The number of para-hydroxylation sites is 1. The fourth-order valence-electron chi connectivity index (χ4n) is 2.49. The third kappa shape index (κ3) is 6.75.